The Labute approximate surface area is 116 Å². The highest BCUT2D eigenvalue weighted by Crippen LogP contribution is 2.07. The van der Waals surface area contributed by atoms with Gasteiger partial charge in [-0.2, -0.15) is 0 Å². The minimum absolute atomic E-state index is 0.851. The van der Waals surface area contributed by atoms with Crippen molar-refractivity contribution in [1.82, 2.24) is 4.90 Å². The quantitative estimate of drug-likeness (QED) is 0.511. The van der Waals surface area contributed by atoms with Gasteiger partial charge < -0.3 is 9.38 Å². The molecule has 0 fully saturated rings. The molecule has 0 saturated heterocycles. The summed E-state index contributed by atoms with van der Waals surface area (Å²) in [6.45, 7) is 12.1. The summed E-state index contributed by atoms with van der Waals surface area (Å²) in [5.74, 6) is 0.851. The molecule has 0 aliphatic heterocycles. The van der Waals surface area contributed by atoms with Crippen LogP contribution in [0.4, 0.5) is 0 Å². The topological polar surface area (TPSA) is 3.24 Å². The van der Waals surface area contributed by atoms with Crippen LogP contribution >= 0.6 is 0 Å². The number of nitrogens with zero attached hydrogens (tertiary/aromatic N) is 2. The standard InChI is InChI=1S/C16H37N2/c1-7-8-12-17(13-9-11-16(2)3)14-10-15-18(4,5)6/h16H,7-15H2,1-6H3/q+1. The van der Waals surface area contributed by atoms with Crippen LogP contribution in [0, 0.1) is 5.92 Å². The lowest BCUT2D eigenvalue weighted by molar-refractivity contribution is -0.870. The highest BCUT2D eigenvalue weighted by atomic mass is 15.3. The summed E-state index contributed by atoms with van der Waals surface area (Å²) < 4.78 is 1.09. The van der Waals surface area contributed by atoms with Crippen molar-refractivity contribution in [2.45, 2.75) is 52.9 Å². The van der Waals surface area contributed by atoms with Gasteiger partial charge in [0.05, 0.1) is 27.7 Å². The van der Waals surface area contributed by atoms with Gasteiger partial charge in [-0.05, 0) is 38.3 Å². The normalized spacial score (nSPS) is 12.7. The van der Waals surface area contributed by atoms with Gasteiger partial charge in [-0.25, -0.2) is 0 Å². The first-order valence-corrected chi connectivity index (χ1v) is 7.88. The second-order valence-electron chi connectivity index (χ2n) is 7.10. The lowest BCUT2D eigenvalue weighted by Gasteiger charge is -2.27. The van der Waals surface area contributed by atoms with E-state index >= 15 is 0 Å². The average Bonchev–Trinajstić information content (AvgIpc) is 2.23. The second-order valence-corrected chi connectivity index (χ2v) is 7.10. The largest absolute Gasteiger partial charge is 0.331 e. The Balaban J connectivity index is 3.83. The van der Waals surface area contributed by atoms with Crippen LogP contribution in [0.1, 0.15) is 52.9 Å². The molecule has 0 aliphatic carbocycles. The molecule has 0 radical (unpaired) electrons. The van der Waals surface area contributed by atoms with Crippen LogP contribution in [0.25, 0.3) is 0 Å². The molecule has 0 atom stereocenters. The van der Waals surface area contributed by atoms with Gasteiger partial charge in [-0.3, -0.25) is 0 Å². The SMILES string of the molecule is CCCCN(CCCC(C)C)CCC[N+](C)(C)C. The van der Waals surface area contributed by atoms with Crippen LogP contribution in [-0.4, -0.2) is 56.7 Å². The van der Waals surface area contributed by atoms with Crippen molar-refractivity contribution in [2.24, 2.45) is 5.92 Å². The third-order valence-corrected chi connectivity index (χ3v) is 3.39. The van der Waals surface area contributed by atoms with E-state index in [1.165, 1.54) is 58.3 Å². The molecule has 0 saturated carbocycles. The first-order chi connectivity index (χ1) is 8.35. The smallest absolute Gasteiger partial charge is 0.0792 e. The highest BCUT2D eigenvalue weighted by molar-refractivity contribution is 4.59. The lowest BCUT2D eigenvalue weighted by Crippen LogP contribution is -2.38. The molecule has 0 amide bonds. The maximum atomic E-state index is 2.68. The van der Waals surface area contributed by atoms with Crippen molar-refractivity contribution in [3.63, 3.8) is 0 Å². The van der Waals surface area contributed by atoms with Crippen molar-refractivity contribution in [1.29, 1.82) is 0 Å². The summed E-state index contributed by atoms with van der Waals surface area (Å²) in [4.78, 5) is 2.68. The minimum Gasteiger partial charge on any atom is -0.331 e. The van der Waals surface area contributed by atoms with Crippen LogP contribution in [0.5, 0.6) is 0 Å². The maximum Gasteiger partial charge on any atom is 0.0792 e. The molecule has 110 valence electrons. The van der Waals surface area contributed by atoms with E-state index in [0.717, 1.165) is 10.4 Å². The highest BCUT2D eigenvalue weighted by Gasteiger charge is 2.09. The molecule has 0 aromatic rings. The fraction of sp³-hybridized carbons (Fsp3) is 1.00. The maximum absolute atomic E-state index is 2.68. The van der Waals surface area contributed by atoms with Gasteiger partial charge in [0.15, 0.2) is 0 Å². The van der Waals surface area contributed by atoms with Gasteiger partial charge in [0.1, 0.15) is 0 Å². The van der Waals surface area contributed by atoms with Crippen LogP contribution < -0.4 is 0 Å². The summed E-state index contributed by atoms with van der Waals surface area (Å²) >= 11 is 0. The number of unbranched alkanes of at least 4 members (excludes halogenated alkanes) is 1. The van der Waals surface area contributed by atoms with Crippen molar-refractivity contribution < 1.29 is 4.48 Å². The summed E-state index contributed by atoms with van der Waals surface area (Å²) in [6, 6.07) is 0. The third kappa shape index (κ3) is 12.4. The van der Waals surface area contributed by atoms with E-state index < -0.39 is 0 Å². The van der Waals surface area contributed by atoms with Gasteiger partial charge in [0.2, 0.25) is 0 Å². The van der Waals surface area contributed by atoms with E-state index in [2.05, 4.69) is 46.8 Å². The predicted octanol–water partition coefficient (Wildman–Crippen LogP) is 3.62. The molecule has 0 heterocycles. The predicted molar refractivity (Wildman–Crippen MR) is 82.9 cm³/mol. The molecule has 2 nitrogen and oxygen atoms in total. The Kier molecular flexibility index (Phi) is 9.76. The van der Waals surface area contributed by atoms with E-state index in [-0.39, 0.29) is 0 Å². The van der Waals surface area contributed by atoms with Crippen molar-refractivity contribution in [2.75, 3.05) is 47.3 Å². The Morgan fingerprint density at radius 2 is 1.44 bits per heavy atom. The lowest BCUT2D eigenvalue weighted by atomic mass is 10.1. The van der Waals surface area contributed by atoms with E-state index in [1.54, 1.807) is 0 Å². The number of hydrogen-bond acceptors (Lipinski definition) is 1. The molecule has 0 N–H and O–H groups in total. The van der Waals surface area contributed by atoms with E-state index in [0.29, 0.717) is 0 Å². The molecule has 0 aromatic carbocycles. The monoisotopic (exact) mass is 257 g/mol. The summed E-state index contributed by atoms with van der Waals surface area (Å²) in [6.07, 6.45) is 6.74. The van der Waals surface area contributed by atoms with Crippen LogP contribution in [0.2, 0.25) is 0 Å². The van der Waals surface area contributed by atoms with Gasteiger partial charge >= 0.3 is 0 Å². The van der Waals surface area contributed by atoms with Crippen LogP contribution in [-0.2, 0) is 0 Å². The Morgan fingerprint density at radius 1 is 0.889 bits per heavy atom. The van der Waals surface area contributed by atoms with Gasteiger partial charge in [0, 0.05) is 13.0 Å². The van der Waals surface area contributed by atoms with Gasteiger partial charge in [0.25, 0.3) is 0 Å². The van der Waals surface area contributed by atoms with Crippen molar-refractivity contribution in [3.05, 3.63) is 0 Å². The molecular weight excluding hydrogens is 220 g/mol. The number of quaternary nitrogens is 1. The van der Waals surface area contributed by atoms with Crippen molar-refractivity contribution >= 4 is 0 Å². The van der Waals surface area contributed by atoms with Crippen LogP contribution in [0.15, 0.2) is 0 Å². The Bertz CT molecular complexity index is 182. The van der Waals surface area contributed by atoms with Crippen LogP contribution in [0.3, 0.4) is 0 Å². The zero-order chi connectivity index (χ0) is 14.0. The summed E-state index contributed by atoms with van der Waals surface area (Å²) in [7, 11) is 6.86. The zero-order valence-corrected chi connectivity index (χ0v) is 13.8. The van der Waals surface area contributed by atoms with E-state index in [1.807, 2.05) is 0 Å². The number of hydrogen-bond donors (Lipinski definition) is 0. The van der Waals surface area contributed by atoms with Gasteiger partial charge in [-0.15, -0.1) is 0 Å². The summed E-state index contributed by atoms with van der Waals surface area (Å²) in [5, 5.41) is 0. The van der Waals surface area contributed by atoms with E-state index in [4.69, 9.17) is 0 Å². The Morgan fingerprint density at radius 3 is 1.94 bits per heavy atom. The molecule has 0 bridgehead atoms. The number of rotatable bonds is 11. The molecule has 0 rings (SSSR count). The fourth-order valence-corrected chi connectivity index (χ4v) is 2.21. The van der Waals surface area contributed by atoms with E-state index in [9.17, 15) is 0 Å². The molecule has 0 aliphatic rings. The molecule has 0 unspecified atom stereocenters. The fourth-order valence-electron chi connectivity index (χ4n) is 2.21. The third-order valence-electron chi connectivity index (χ3n) is 3.39. The molecule has 0 aromatic heterocycles. The second kappa shape index (κ2) is 9.80. The summed E-state index contributed by atoms with van der Waals surface area (Å²) in [5.41, 5.74) is 0. The molecule has 0 spiro atoms. The first-order valence-electron chi connectivity index (χ1n) is 7.88. The van der Waals surface area contributed by atoms with Crippen molar-refractivity contribution in [3.8, 4) is 0 Å². The van der Waals surface area contributed by atoms with Gasteiger partial charge in [-0.1, -0.05) is 27.2 Å². The average molecular weight is 257 g/mol. The minimum atomic E-state index is 0.851. The molecule has 18 heavy (non-hydrogen) atoms. The first kappa shape index (κ1) is 17.9. The molecular formula is C16H37N2+. The molecule has 2 heteroatoms. The zero-order valence-electron chi connectivity index (χ0n) is 13.8. The Hall–Kier alpha value is -0.0800.